The van der Waals surface area contributed by atoms with Crippen LogP contribution in [0.1, 0.15) is 51.5 Å². The Kier molecular flexibility index (Phi) is 6.70. The van der Waals surface area contributed by atoms with Crippen molar-refractivity contribution in [3.8, 4) is 0 Å². The molecule has 1 N–H and O–H groups in total. The van der Waals surface area contributed by atoms with Crippen LogP contribution in [-0.4, -0.2) is 43.7 Å². The van der Waals surface area contributed by atoms with Crippen molar-refractivity contribution in [2.24, 2.45) is 5.92 Å². The molecule has 144 valence electrons. The summed E-state index contributed by atoms with van der Waals surface area (Å²) in [6, 6.07) is 9.01. The molecule has 2 amide bonds. The lowest BCUT2D eigenvalue weighted by atomic mass is 9.89. The third-order valence-corrected chi connectivity index (χ3v) is 6.38. The summed E-state index contributed by atoms with van der Waals surface area (Å²) in [7, 11) is 0. The number of piperazine rings is 1. The van der Waals surface area contributed by atoms with E-state index in [9.17, 15) is 4.79 Å². The summed E-state index contributed by atoms with van der Waals surface area (Å²) >= 11 is 2.48. The first kappa shape index (κ1) is 19.8. The zero-order chi connectivity index (χ0) is 18.6. The van der Waals surface area contributed by atoms with Crippen LogP contribution in [0.5, 0.6) is 0 Å². The van der Waals surface area contributed by atoms with Gasteiger partial charge in [0.2, 0.25) is 0 Å². The van der Waals surface area contributed by atoms with Crippen LogP contribution < -0.4 is 10.2 Å². The van der Waals surface area contributed by atoms with Gasteiger partial charge in [0.15, 0.2) is 0 Å². The van der Waals surface area contributed by atoms with Crippen LogP contribution in [0.3, 0.4) is 0 Å². The molecule has 0 bridgehead atoms. The van der Waals surface area contributed by atoms with Gasteiger partial charge in [0.05, 0.1) is 0 Å². The maximum absolute atomic E-state index is 12.4. The van der Waals surface area contributed by atoms with E-state index in [4.69, 9.17) is 0 Å². The second-order valence-electron chi connectivity index (χ2n) is 8.18. The first-order chi connectivity index (χ1) is 12.4. The van der Waals surface area contributed by atoms with Gasteiger partial charge in [0.1, 0.15) is 0 Å². The lowest BCUT2D eigenvalue weighted by Crippen LogP contribution is -2.52. The van der Waals surface area contributed by atoms with Crippen LogP contribution in [0, 0.1) is 5.92 Å². The fourth-order valence-corrected chi connectivity index (χ4v) is 4.33. The van der Waals surface area contributed by atoms with Gasteiger partial charge in [-0.3, -0.25) is 0 Å². The predicted molar refractivity (Wildman–Crippen MR) is 117 cm³/mol. The minimum absolute atomic E-state index is 0.122. The first-order valence-corrected chi connectivity index (χ1v) is 11.1. The van der Waals surface area contributed by atoms with Gasteiger partial charge in [-0.15, -0.1) is 0 Å². The largest absolute Gasteiger partial charge is 0.368 e. The molecule has 0 atom stereocenters. The van der Waals surface area contributed by atoms with E-state index in [1.54, 1.807) is 0 Å². The summed E-state index contributed by atoms with van der Waals surface area (Å²) in [5.74, 6) is 0.689. The lowest BCUT2D eigenvalue weighted by molar-refractivity contribution is 0.190. The monoisotopic (exact) mass is 469 g/mol. The van der Waals surface area contributed by atoms with Crippen LogP contribution in [0.25, 0.3) is 0 Å². The summed E-state index contributed by atoms with van der Waals surface area (Å²) in [6.07, 6.45) is 6.57. The molecule has 1 aromatic rings. The second-order valence-corrected chi connectivity index (χ2v) is 10.9. The van der Waals surface area contributed by atoms with Gasteiger partial charge >= 0.3 is 6.03 Å². The van der Waals surface area contributed by atoms with Gasteiger partial charge in [-0.05, 0) is 50.3 Å². The Balaban J connectivity index is 1.45. The number of nitrogens with one attached hydrogen (secondary N) is 1. The SMILES string of the molecule is CC(C)(I)c1ccc(N2CCN(C(=O)NCC3CCCCC3)CC2)cc1. The molecule has 1 aromatic carbocycles. The minimum atomic E-state index is 0.122. The molecule has 26 heavy (non-hydrogen) atoms. The van der Waals surface area contributed by atoms with Crippen molar-refractivity contribution in [3.05, 3.63) is 29.8 Å². The molecule has 1 saturated heterocycles. The van der Waals surface area contributed by atoms with E-state index in [0.29, 0.717) is 5.92 Å². The number of urea groups is 1. The molecule has 5 heteroatoms. The van der Waals surface area contributed by atoms with Gasteiger partial charge in [-0.25, -0.2) is 4.79 Å². The van der Waals surface area contributed by atoms with Crippen molar-refractivity contribution in [2.75, 3.05) is 37.6 Å². The van der Waals surface area contributed by atoms with E-state index in [1.165, 1.54) is 43.4 Å². The van der Waals surface area contributed by atoms with E-state index in [0.717, 1.165) is 32.7 Å². The number of alkyl halides is 1. The third-order valence-electron chi connectivity index (χ3n) is 5.75. The average molecular weight is 469 g/mol. The molecule has 2 aliphatic rings. The number of nitrogens with zero attached hydrogens (tertiary/aromatic N) is 2. The van der Waals surface area contributed by atoms with Crippen molar-refractivity contribution in [1.82, 2.24) is 10.2 Å². The Hall–Kier alpha value is -0.980. The molecule has 1 saturated carbocycles. The summed E-state index contributed by atoms with van der Waals surface area (Å²) in [5.41, 5.74) is 2.61. The van der Waals surface area contributed by atoms with Gasteiger partial charge in [0, 0.05) is 41.8 Å². The highest BCUT2D eigenvalue weighted by Crippen LogP contribution is 2.31. The number of hydrogen-bond acceptors (Lipinski definition) is 2. The Morgan fingerprint density at radius 1 is 1.08 bits per heavy atom. The average Bonchev–Trinajstić information content (AvgIpc) is 2.66. The van der Waals surface area contributed by atoms with Crippen LogP contribution >= 0.6 is 22.6 Å². The Bertz CT molecular complexity index is 582. The molecule has 2 fully saturated rings. The topological polar surface area (TPSA) is 35.6 Å². The van der Waals surface area contributed by atoms with E-state index in [1.807, 2.05) is 4.90 Å². The fourth-order valence-electron chi connectivity index (χ4n) is 3.97. The predicted octanol–water partition coefficient (Wildman–Crippen LogP) is 4.77. The summed E-state index contributed by atoms with van der Waals surface area (Å²) in [6.45, 7) is 8.73. The smallest absolute Gasteiger partial charge is 0.317 e. The molecule has 0 aromatic heterocycles. The molecule has 1 heterocycles. The first-order valence-electron chi connectivity index (χ1n) is 10.0. The van der Waals surface area contributed by atoms with Gasteiger partial charge in [0.25, 0.3) is 0 Å². The van der Waals surface area contributed by atoms with Gasteiger partial charge < -0.3 is 15.1 Å². The standard InChI is InChI=1S/C21H32IN3O/c1-21(2,22)18-8-10-19(11-9-18)24-12-14-25(15-13-24)20(26)23-16-17-6-4-3-5-7-17/h8-11,17H,3-7,12-16H2,1-2H3,(H,23,26). The molecule has 1 aliphatic carbocycles. The van der Waals surface area contributed by atoms with E-state index in [2.05, 4.69) is 70.9 Å². The summed E-state index contributed by atoms with van der Waals surface area (Å²) < 4.78 is 0.158. The van der Waals surface area contributed by atoms with E-state index in [-0.39, 0.29) is 9.45 Å². The number of anilines is 1. The highest BCUT2D eigenvalue weighted by Gasteiger charge is 2.23. The third kappa shape index (κ3) is 5.27. The van der Waals surface area contributed by atoms with Crippen molar-refractivity contribution >= 4 is 34.3 Å². The minimum Gasteiger partial charge on any atom is -0.368 e. The second kappa shape index (κ2) is 8.81. The number of carbonyl (C=O) groups excluding carboxylic acids is 1. The zero-order valence-corrected chi connectivity index (χ0v) is 18.3. The quantitative estimate of drug-likeness (QED) is 0.510. The Morgan fingerprint density at radius 2 is 1.69 bits per heavy atom. The van der Waals surface area contributed by atoms with E-state index >= 15 is 0 Å². The van der Waals surface area contributed by atoms with Gasteiger partial charge in [-0.2, -0.15) is 0 Å². The molecular weight excluding hydrogens is 437 g/mol. The maximum Gasteiger partial charge on any atom is 0.317 e. The Morgan fingerprint density at radius 3 is 2.27 bits per heavy atom. The molecule has 0 spiro atoms. The highest BCUT2D eigenvalue weighted by molar-refractivity contribution is 14.1. The number of carbonyl (C=O) groups is 1. The molecule has 0 radical (unpaired) electrons. The fraction of sp³-hybridized carbons (Fsp3) is 0.667. The number of rotatable bonds is 4. The van der Waals surface area contributed by atoms with Gasteiger partial charge in [-0.1, -0.05) is 54.0 Å². The molecule has 0 unspecified atom stereocenters. The lowest BCUT2D eigenvalue weighted by Gasteiger charge is -2.36. The number of hydrogen-bond donors (Lipinski definition) is 1. The van der Waals surface area contributed by atoms with Crippen LogP contribution in [0.2, 0.25) is 0 Å². The zero-order valence-electron chi connectivity index (χ0n) is 16.1. The molecular formula is C21H32IN3O. The highest BCUT2D eigenvalue weighted by atomic mass is 127. The number of benzene rings is 1. The van der Waals surface area contributed by atoms with Crippen molar-refractivity contribution < 1.29 is 4.79 Å². The Labute approximate surface area is 171 Å². The molecule has 4 nitrogen and oxygen atoms in total. The van der Waals surface area contributed by atoms with Crippen LogP contribution in [0.4, 0.5) is 10.5 Å². The maximum atomic E-state index is 12.4. The molecule has 3 rings (SSSR count). The van der Waals surface area contributed by atoms with Crippen molar-refractivity contribution in [3.63, 3.8) is 0 Å². The number of amides is 2. The van der Waals surface area contributed by atoms with Crippen LogP contribution in [0.15, 0.2) is 24.3 Å². The van der Waals surface area contributed by atoms with E-state index < -0.39 is 0 Å². The summed E-state index contributed by atoms with van der Waals surface area (Å²) in [5, 5.41) is 3.17. The van der Waals surface area contributed by atoms with Crippen LogP contribution in [-0.2, 0) is 3.42 Å². The normalized spacial score (nSPS) is 19.5. The molecule has 1 aliphatic heterocycles. The van der Waals surface area contributed by atoms with Crippen molar-refractivity contribution in [1.29, 1.82) is 0 Å². The summed E-state index contributed by atoms with van der Waals surface area (Å²) in [4.78, 5) is 16.8. The number of halogens is 1. The van der Waals surface area contributed by atoms with Crippen molar-refractivity contribution in [2.45, 2.75) is 49.4 Å².